The molecule has 0 fully saturated rings. The smallest absolute Gasteiger partial charge is 0.345 e. The van der Waals surface area contributed by atoms with Crippen molar-refractivity contribution in [3.05, 3.63) is 99.0 Å². The molecule has 9 heteroatoms. The number of benzene rings is 3. The molecular weight excluding hydrogens is 498 g/mol. The lowest BCUT2D eigenvalue weighted by atomic mass is 10.2. The van der Waals surface area contributed by atoms with Gasteiger partial charge in [-0.1, -0.05) is 35.9 Å². The Bertz CT molecular complexity index is 1170. The minimum absolute atomic E-state index is 0.228. The van der Waals surface area contributed by atoms with Gasteiger partial charge >= 0.3 is 5.97 Å². The van der Waals surface area contributed by atoms with Crippen LogP contribution in [0.5, 0.6) is 5.75 Å². The van der Waals surface area contributed by atoms with Gasteiger partial charge in [-0.25, -0.2) is 10.2 Å². The lowest BCUT2D eigenvalue weighted by Crippen LogP contribution is -2.35. The van der Waals surface area contributed by atoms with Gasteiger partial charge in [-0.15, -0.1) is 0 Å². The first-order chi connectivity index (χ1) is 15.4. The van der Waals surface area contributed by atoms with E-state index in [0.29, 0.717) is 26.4 Å². The molecule has 3 rings (SSSR count). The predicted octanol–water partition coefficient (Wildman–Crippen LogP) is 4.20. The Hall–Kier alpha value is -3.49. The zero-order chi connectivity index (χ0) is 22.9. The highest BCUT2D eigenvalue weighted by Gasteiger charge is 2.12. The van der Waals surface area contributed by atoms with Crippen LogP contribution >= 0.6 is 27.5 Å². The van der Waals surface area contributed by atoms with Crippen LogP contribution in [-0.2, 0) is 4.79 Å². The summed E-state index contributed by atoms with van der Waals surface area (Å²) in [6, 6.07) is 20.0. The second-order valence-electron chi connectivity index (χ2n) is 6.39. The Morgan fingerprint density at radius 1 is 0.938 bits per heavy atom. The number of nitrogens with one attached hydrogen (secondary N) is 2. The first-order valence-electron chi connectivity index (χ1n) is 9.35. The molecule has 3 aromatic carbocycles. The molecule has 0 unspecified atom stereocenters. The molecule has 162 valence electrons. The lowest BCUT2D eigenvalue weighted by Gasteiger charge is -2.06. The quantitative estimate of drug-likeness (QED) is 0.214. The molecule has 3 aromatic rings. The molecular formula is C23H17BrClN3O4. The fourth-order valence-corrected chi connectivity index (χ4v) is 3.21. The largest absolute Gasteiger partial charge is 0.423 e. The van der Waals surface area contributed by atoms with Gasteiger partial charge in [0, 0.05) is 4.47 Å². The van der Waals surface area contributed by atoms with Crippen LogP contribution in [-0.4, -0.2) is 30.5 Å². The number of amides is 2. The first kappa shape index (κ1) is 23.2. The third-order valence-corrected chi connectivity index (χ3v) is 5.14. The molecule has 2 amide bonds. The van der Waals surface area contributed by atoms with Gasteiger partial charge in [0.1, 0.15) is 5.75 Å². The molecule has 0 heterocycles. The number of hydrogen-bond donors (Lipinski definition) is 2. The summed E-state index contributed by atoms with van der Waals surface area (Å²) in [6.07, 6.45) is 1.42. The minimum Gasteiger partial charge on any atom is -0.423 e. The number of carbonyl (C=O) groups excluding carboxylic acids is 3. The molecule has 32 heavy (non-hydrogen) atoms. The molecule has 0 spiro atoms. The number of nitrogens with zero attached hydrogens (tertiary/aromatic N) is 1. The third-order valence-electron chi connectivity index (χ3n) is 4.12. The van der Waals surface area contributed by atoms with Crippen molar-refractivity contribution >= 4 is 51.5 Å². The second kappa shape index (κ2) is 11.2. The average molecular weight is 515 g/mol. The van der Waals surface area contributed by atoms with E-state index in [2.05, 4.69) is 31.8 Å². The van der Waals surface area contributed by atoms with Gasteiger partial charge in [0.2, 0.25) is 0 Å². The van der Waals surface area contributed by atoms with Crippen molar-refractivity contribution in [2.45, 2.75) is 0 Å². The van der Waals surface area contributed by atoms with E-state index in [0.717, 1.165) is 0 Å². The van der Waals surface area contributed by atoms with E-state index < -0.39 is 11.9 Å². The van der Waals surface area contributed by atoms with Gasteiger partial charge in [-0.3, -0.25) is 9.59 Å². The average Bonchev–Trinajstić information content (AvgIpc) is 2.79. The predicted molar refractivity (Wildman–Crippen MR) is 125 cm³/mol. The van der Waals surface area contributed by atoms with E-state index in [1.165, 1.54) is 6.21 Å². The SMILES string of the molecule is O=C(CNC(=O)c1ccccc1Br)N/N=C\c1ccc(OC(=O)c2ccccc2Cl)cc1. The van der Waals surface area contributed by atoms with E-state index in [4.69, 9.17) is 16.3 Å². The molecule has 0 aromatic heterocycles. The van der Waals surface area contributed by atoms with E-state index in [1.807, 2.05) is 0 Å². The minimum atomic E-state index is -0.561. The van der Waals surface area contributed by atoms with Crippen LogP contribution in [0.25, 0.3) is 0 Å². The maximum absolute atomic E-state index is 12.2. The van der Waals surface area contributed by atoms with E-state index in [1.54, 1.807) is 72.8 Å². The van der Waals surface area contributed by atoms with Gasteiger partial charge in [-0.05, 0) is 70.0 Å². The number of hydrazone groups is 1. The zero-order valence-electron chi connectivity index (χ0n) is 16.5. The van der Waals surface area contributed by atoms with Crippen LogP contribution in [0.2, 0.25) is 5.02 Å². The Morgan fingerprint density at radius 3 is 2.28 bits per heavy atom. The molecule has 7 nitrogen and oxygen atoms in total. The molecule has 0 saturated heterocycles. The molecule has 2 N–H and O–H groups in total. The van der Waals surface area contributed by atoms with Crippen LogP contribution < -0.4 is 15.5 Å². The summed E-state index contributed by atoms with van der Waals surface area (Å²) in [7, 11) is 0. The number of halogens is 2. The second-order valence-corrected chi connectivity index (χ2v) is 7.66. The summed E-state index contributed by atoms with van der Waals surface area (Å²) < 4.78 is 5.93. The summed E-state index contributed by atoms with van der Waals surface area (Å²) in [5.74, 6) is -1.08. The molecule has 0 bridgehead atoms. The van der Waals surface area contributed by atoms with Crippen LogP contribution in [0.4, 0.5) is 0 Å². The lowest BCUT2D eigenvalue weighted by molar-refractivity contribution is -0.120. The monoisotopic (exact) mass is 513 g/mol. The Morgan fingerprint density at radius 2 is 1.59 bits per heavy atom. The molecule has 0 saturated carbocycles. The molecule has 0 aliphatic rings. The highest BCUT2D eigenvalue weighted by Crippen LogP contribution is 2.19. The number of esters is 1. The van der Waals surface area contributed by atoms with Crippen LogP contribution in [0, 0.1) is 0 Å². The number of rotatable bonds is 7. The number of hydrogen-bond acceptors (Lipinski definition) is 5. The summed E-state index contributed by atoms with van der Waals surface area (Å²) in [4.78, 5) is 36.1. The molecule has 0 radical (unpaired) electrons. The van der Waals surface area contributed by atoms with Crippen molar-refractivity contribution in [2.75, 3.05) is 6.54 Å². The first-order valence-corrected chi connectivity index (χ1v) is 10.5. The van der Waals surface area contributed by atoms with Crippen molar-refractivity contribution in [1.29, 1.82) is 0 Å². The van der Waals surface area contributed by atoms with Gasteiger partial charge in [0.25, 0.3) is 11.8 Å². The van der Waals surface area contributed by atoms with Gasteiger partial charge < -0.3 is 10.1 Å². The van der Waals surface area contributed by atoms with Crippen molar-refractivity contribution < 1.29 is 19.1 Å². The fourth-order valence-electron chi connectivity index (χ4n) is 2.53. The standard InChI is InChI=1S/C23H17BrClN3O4/c24-19-7-3-1-5-17(19)22(30)26-14-21(29)28-27-13-15-9-11-16(12-10-15)32-23(31)18-6-2-4-8-20(18)25/h1-13H,14H2,(H,26,30)(H,28,29)/b27-13-. The van der Waals surface area contributed by atoms with Gasteiger partial charge in [-0.2, -0.15) is 5.10 Å². The Balaban J connectivity index is 1.47. The van der Waals surface area contributed by atoms with Crippen LogP contribution in [0.1, 0.15) is 26.3 Å². The highest BCUT2D eigenvalue weighted by molar-refractivity contribution is 9.10. The van der Waals surface area contributed by atoms with Crippen molar-refractivity contribution in [3.63, 3.8) is 0 Å². The van der Waals surface area contributed by atoms with Crippen molar-refractivity contribution in [2.24, 2.45) is 5.10 Å². The molecule has 0 atom stereocenters. The summed E-state index contributed by atoms with van der Waals surface area (Å²) in [5.41, 5.74) is 3.70. The number of ether oxygens (including phenoxy) is 1. The maximum atomic E-state index is 12.2. The molecule has 0 aliphatic heterocycles. The zero-order valence-corrected chi connectivity index (χ0v) is 18.9. The van der Waals surface area contributed by atoms with Crippen molar-refractivity contribution in [3.8, 4) is 5.75 Å². The van der Waals surface area contributed by atoms with Gasteiger partial charge in [0.05, 0.1) is 28.9 Å². The van der Waals surface area contributed by atoms with E-state index in [9.17, 15) is 14.4 Å². The topological polar surface area (TPSA) is 96.9 Å². The highest BCUT2D eigenvalue weighted by atomic mass is 79.9. The van der Waals surface area contributed by atoms with Crippen molar-refractivity contribution in [1.82, 2.24) is 10.7 Å². The number of carbonyl (C=O) groups is 3. The van der Waals surface area contributed by atoms with Crippen LogP contribution in [0.15, 0.2) is 82.4 Å². The van der Waals surface area contributed by atoms with Gasteiger partial charge in [0.15, 0.2) is 0 Å². The van der Waals surface area contributed by atoms with E-state index >= 15 is 0 Å². The fraction of sp³-hybridized carbons (Fsp3) is 0.0435. The summed E-state index contributed by atoms with van der Waals surface area (Å²) in [6.45, 7) is -0.228. The summed E-state index contributed by atoms with van der Waals surface area (Å²) >= 11 is 9.28. The maximum Gasteiger partial charge on any atom is 0.345 e. The molecule has 0 aliphatic carbocycles. The van der Waals surface area contributed by atoms with E-state index in [-0.39, 0.29) is 18.0 Å². The normalized spacial score (nSPS) is 10.6. The third kappa shape index (κ3) is 6.50. The Labute approximate surface area is 197 Å². The summed E-state index contributed by atoms with van der Waals surface area (Å²) in [5, 5.41) is 6.68. The van der Waals surface area contributed by atoms with Crippen LogP contribution in [0.3, 0.4) is 0 Å². The Kier molecular flexibility index (Phi) is 8.13.